The Balaban J connectivity index is 1.30. The minimum atomic E-state index is -0.0928. The van der Waals surface area contributed by atoms with E-state index in [9.17, 15) is 9.59 Å². The van der Waals surface area contributed by atoms with Crippen LogP contribution >= 0.6 is 0 Å². The molecule has 4 rings (SSSR count). The van der Waals surface area contributed by atoms with E-state index >= 15 is 0 Å². The molecule has 2 aliphatic heterocycles. The minimum Gasteiger partial charge on any atom is -0.496 e. The van der Waals surface area contributed by atoms with E-state index in [1.54, 1.807) is 18.9 Å². The maximum absolute atomic E-state index is 12.8. The number of para-hydroxylation sites is 1. The quantitative estimate of drug-likeness (QED) is 0.685. The Morgan fingerprint density at radius 3 is 2.53 bits per heavy atom. The molecule has 0 N–H and O–H groups in total. The Labute approximate surface area is 188 Å². The second kappa shape index (κ2) is 10.2. The van der Waals surface area contributed by atoms with Gasteiger partial charge >= 0.3 is 0 Å². The first kappa shape index (κ1) is 22.3. The maximum Gasteiger partial charge on any atom is 0.276 e. The maximum atomic E-state index is 12.8. The molecule has 1 aromatic carbocycles. The van der Waals surface area contributed by atoms with Gasteiger partial charge < -0.3 is 23.7 Å². The first-order valence-electron chi connectivity index (χ1n) is 11.3. The summed E-state index contributed by atoms with van der Waals surface area (Å²) in [5.74, 6) is 2.18. The van der Waals surface area contributed by atoms with Gasteiger partial charge in [-0.3, -0.25) is 9.59 Å². The molecule has 8 nitrogen and oxygen atoms in total. The average molecular weight is 442 g/mol. The minimum absolute atomic E-state index is 0.0928. The lowest BCUT2D eigenvalue weighted by atomic mass is 9.96. The molecule has 32 heavy (non-hydrogen) atoms. The van der Waals surface area contributed by atoms with Gasteiger partial charge in [0, 0.05) is 38.5 Å². The Hall–Kier alpha value is -2.87. The number of morpholine rings is 1. The highest BCUT2D eigenvalue weighted by Gasteiger charge is 2.30. The first-order valence-corrected chi connectivity index (χ1v) is 11.3. The number of hydrogen-bond acceptors (Lipinski definition) is 6. The molecule has 2 aromatic rings. The third-order valence-corrected chi connectivity index (χ3v) is 6.31. The van der Waals surface area contributed by atoms with E-state index < -0.39 is 0 Å². The van der Waals surface area contributed by atoms with E-state index in [2.05, 4.69) is 4.98 Å². The zero-order chi connectivity index (χ0) is 22.5. The van der Waals surface area contributed by atoms with Crippen molar-refractivity contribution in [2.75, 3.05) is 46.5 Å². The predicted molar refractivity (Wildman–Crippen MR) is 118 cm³/mol. The van der Waals surface area contributed by atoms with Crippen LogP contribution in [-0.2, 0) is 16.0 Å². The summed E-state index contributed by atoms with van der Waals surface area (Å²) in [6.07, 6.45) is 2.69. The van der Waals surface area contributed by atoms with Gasteiger partial charge in [-0.15, -0.1) is 0 Å². The molecular formula is C24H31N3O5. The number of benzene rings is 1. The summed E-state index contributed by atoms with van der Waals surface area (Å²) >= 11 is 0. The van der Waals surface area contributed by atoms with Crippen LogP contribution in [0.5, 0.6) is 5.75 Å². The van der Waals surface area contributed by atoms with Crippen molar-refractivity contribution in [1.82, 2.24) is 14.8 Å². The molecule has 0 aliphatic carbocycles. The van der Waals surface area contributed by atoms with Crippen molar-refractivity contribution < 1.29 is 23.5 Å². The van der Waals surface area contributed by atoms with Gasteiger partial charge in [-0.05, 0) is 37.8 Å². The number of hydrogen-bond donors (Lipinski definition) is 0. The van der Waals surface area contributed by atoms with Gasteiger partial charge in [-0.2, -0.15) is 0 Å². The Morgan fingerprint density at radius 1 is 1.09 bits per heavy atom. The number of carbonyl (C=O) groups is 2. The van der Waals surface area contributed by atoms with Crippen LogP contribution < -0.4 is 4.74 Å². The van der Waals surface area contributed by atoms with E-state index in [1.165, 1.54) is 0 Å². The van der Waals surface area contributed by atoms with Gasteiger partial charge in [0.05, 0.1) is 20.3 Å². The number of ether oxygens (including phenoxy) is 2. The summed E-state index contributed by atoms with van der Waals surface area (Å²) in [6, 6.07) is 7.81. The van der Waals surface area contributed by atoms with Crippen LogP contribution in [0, 0.1) is 6.92 Å². The SMILES string of the molecule is COc1ccccc1CCC(=O)N1CCC(c2nc(C(=O)N3CCOCC3)c(C)o2)CC1. The Kier molecular flexibility index (Phi) is 7.09. The molecule has 0 bridgehead atoms. The highest BCUT2D eigenvalue weighted by molar-refractivity contribution is 5.93. The summed E-state index contributed by atoms with van der Waals surface area (Å²) in [4.78, 5) is 33.7. The topological polar surface area (TPSA) is 85.1 Å². The van der Waals surface area contributed by atoms with Crippen molar-refractivity contribution >= 4 is 11.8 Å². The molecule has 2 amide bonds. The number of likely N-dealkylation sites (tertiary alicyclic amines) is 1. The summed E-state index contributed by atoms with van der Waals surface area (Å²) in [5.41, 5.74) is 1.45. The number of methoxy groups -OCH3 is 1. The van der Waals surface area contributed by atoms with Crippen LogP contribution in [0.4, 0.5) is 0 Å². The average Bonchev–Trinajstić information content (AvgIpc) is 3.24. The first-order chi connectivity index (χ1) is 15.6. The monoisotopic (exact) mass is 441 g/mol. The van der Waals surface area contributed by atoms with Crippen molar-refractivity contribution in [2.45, 2.75) is 38.5 Å². The van der Waals surface area contributed by atoms with Crippen molar-refractivity contribution in [1.29, 1.82) is 0 Å². The second-order valence-corrected chi connectivity index (χ2v) is 8.33. The zero-order valence-electron chi connectivity index (χ0n) is 18.8. The van der Waals surface area contributed by atoms with Crippen LogP contribution in [0.1, 0.15) is 52.9 Å². The van der Waals surface area contributed by atoms with E-state index in [0.29, 0.717) is 69.6 Å². The molecular weight excluding hydrogens is 410 g/mol. The van der Waals surface area contributed by atoms with Crippen LogP contribution in [0.2, 0.25) is 0 Å². The molecule has 0 atom stereocenters. The fourth-order valence-corrected chi connectivity index (χ4v) is 4.39. The zero-order valence-corrected chi connectivity index (χ0v) is 18.8. The van der Waals surface area contributed by atoms with Crippen molar-refractivity contribution in [3.05, 3.63) is 47.2 Å². The molecule has 0 saturated carbocycles. The molecule has 172 valence electrons. The summed E-state index contributed by atoms with van der Waals surface area (Å²) < 4.78 is 16.6. The van der Waals surface area contributed by atoms with Gasteiger partial charge in [-0.1, -0.05) is 18.2 Å². The lowest BCUT2D eigenvalue weighted by Crippen LogP contribution is -2.41. The standard InChI is InChI=1S/C24H31N3O5/c1-17-22(24(29)27-13-15-31-16-14-27)25-23(32-17)19-9-11-26(12-10-19)21(28)8-7-18-5-3-4-6-20(18)30-2/h3-6,19H,7-16H2,1-2H3. The normalized spacial score (nSPS) is 17.4. The molecule has 8 heteroatoms. The number of piperidine rings is 1. The number of amides is 2. The summed E-state index contributed by atoms with van der Waals surface area (Å²) in [7, 11) is 1.65. The lowest BCUT2D eigenvalue weighted by Gasteiger charge is -2.30. The molecule has 2 saturated heterocycles. The largest absolute Gasteiger partial charge is 0.496 e. The van der Waals surface area contributed by atoms with Gasteiger partial charge in [0.2, 0.25) is 5.91 Å². The molecule has 0 unspecified atom stereocenters. The van der Waals surface area contributed by atoms with Gasteiger partial charge in [0.25, 0.3) is 5.91 Å². The second-order valence-electron chi connectivity index (χ2n) is 8.33. The molecule has 2 fully saturated rings. The highest BCUT2D eigenvalue weighted by Crippen LogP contribution is 2.30. The molecule has 0 radical (unpaired) electrons. The number of carbonyl (C=O) groups excluding carboxylic acids is 2. The smallest absolute Gasteiger partial charge is 0.276 e. The molecule has 2 aliphatic rings. The van der Waals surface area contributed by atoms with Gasteiger partial charge in [0.15, 0.2) is 11.6 Å². The van der Waals surface area contributed by atoms with Gasteiger partial charge in [-0.25, -0.2) is 4.98 Å². The number of aromatic nitrogens is 1. The summed E-state index contributed by atoms with van der Waals surface area (Å²) in [6.45, 7) is 5.40. The van der Waals surface area contributed by atoms with Crippen molar-refractivity contribution in [3.8, 4) is 5.75 Å². The number of oxazole rings is 1. The van der Waals surface area contributed by atoms with Crippen molar-refractivity contribution in [2.24, 2.45) is 0 Å². The van der Waals surface area contributed by atoms with Crippen LogP contribution in [0.3, 0.4) is 0 Å². The molecule has 1 aromatic heterocycles. The third kappa shape index (κ3) is 4.96. The number of rotatable bonds is 6. The van der Waals surface area contributed by atoms with Gasteiger partial charge in [0.1, 0.15) is 11.5 Å². The number of aryl methyl sites for hydroxylation is 2. The van der Waals surface area contributed by atoms with Crippen LogP contribution in [-0.4, -0.2) is 73.1 Å². The highest BCUT2D eigenvalue weighted by atomic mass is 16.5. The lowest BCUT2D eigenvalue weighted by molar-refractivity contribution is -0.132. The van der Waals surface area contributed by atoms with E-state index in [-0.39, 0.29) is 17.7 Å². The van der Waals surface area contributed by atoms with Crippen LogP contribution in [0.25, 0.3) is 0 Å². The Bertz CT molecular complexity index is 943. The van der Waals surface area contributed by atoms with Crippen LogP contribution in [0.15, 0.2) is 28.7 Å². The number of nitrogens with zero attached hydrogens (tertiary/aromatic N) is 3. The predicted octanol–water partition coefficient (Wildman–Crippen LogP) is 2.80. The summed E-state index contributed by atoms with van der Waals surface area (Å²) in [5, 5.41) is 0. The Morgan fingerprint density at radius 2 is 1.81 bits per heavy atom. The van der Waals surface area contributed by atoms with Crippen molar-refractivity contribution in [3.63, 3.8) is 0 Å². The third-order valence-electron chi connectivity index (χ3n) is 6.31. The van der Waals surface area contributed by atoms with E-state index in [1.807, 2.05) is 29.2 Å². The van der Waals surface area contributed by atoms with E-state index in [4.69, 9.17) is 13.9 Å². The molecule has 3 heterocycles. The molecule has 0 spiro atoms. The fourth-order valence-electron chi connectivity index (χ4n) is 4.39. The van der Waals surface area contributed by atoms with E-state index in [0.717, 1.165) is 24.2 Å². The fraction of sp³-hybridized carbons (Fsp3) is 0.542.